The van der Waals surface area contributed by atoms with Crippen LogP contribution in [0.4, 0.5) is 5.69 Å². The molecule has 2 saturated heterocycles. The third kappa shape index (κ3) is 2.64. The quantitative estimate of drug-likeness (QED) is 0.454. The van der Waals surface area contributed by atoms with E-state index in [0.717, 1.165) is 47.6 Å². The fraction of sp³-hybridized carbons (Fsp3) is 0.562. The second kappa shape index (κ2) is 5.89. The summed E-state index contributed by atoms with van der Waals surface area (Å²) in [5.74, 6) is 1.11. The molecular formula is C16H23N3OS. The highest BCUT2D eigenvalue weighted by Crippen LogP contribution is 2.42. The van der Waals surface area contributed by atoms with Gasteiger partial charge in [0.2, 0.25) is 0 Å². The highest BCUT2D eigenvalue weighted by atomic mass is 32.2. The van der Waals surface area contributed by atoms with Crippen molar-refractivity contribution in [2.24, 2.45) is 5.73 Å². The van der Waals surface area contributed by atoms with Crippen LogP contribution in [0.25, 0.3) is 0 Å². The summed E-state index contributed by atoms with van der Waals surface area (Å²) in [5.41, 5.74) is 7.84. The first kappa shape index (κ1) is 14.7. The van der Waals surface area contributed by atoms with E-state index in [1.807, 2.05) is 0 Å². The smallest absolute Gasteiger partial charge is 0.126 e. The summed E-state index contributed by atoms with van der Waals surface area (Å²) in [5, 5.41) is 18.0. The summed E-state index contributed by atoms with van der Waals surface area (Å²) in [6.45, 7) is 2.11. The molecule has 21 heavy (non-hydrogen) atoms. The van der Waals surface area contributed by atoms with Crippen molar-refractivity contribution in [1.82, 2.24) is 0 Å². The van der Waals surface area contributed by atoms with Gasteiger partial charge in [-0.2, -0.15) is 0 Å². The Bertz CT molecular complexity index is 534. The first-order chi connectivity index (χ1) is 10.1. The fourth-order valence-corrected chi connectivity index (χ4v) is 4.67. The van der Waals surface area contributed by atoms with E-state index < -0.39 is 0 Å². The SMILES string of the molecule is CCSc1cccc(N2C3CCC2CC(O)C3)c1C(=N)N. The van der Waals surface area contributed by atoms with Crippen LogP contribution in [0, 0.1) is 5.41 Å². The number of aliphatic hydroxyl groups excluding tert-OH is 1. The number of nitrogens with one attached hydrogen (secondary N) is 1. The van der Waals surface area contributed by atoms with Crippen LogP contribution in [0.1, 0.15) is 38.2 Å². The molecule has 2 heterocycles. The molecule has 0 radical (unpaired) electrons. The monoisotopic (exact) mass is 305 g/mol. The van der Waals surface area contributed by atoms with E-state index in [4.69, 9.17) is 11.1 Å². The number of nitrogens with two attached hydrogens (primary N) is 1. The van der Waals surface area contributed by atoms with Crippen LogP contribution in [0.3, 0.4) is 0 Å². The van der Waals surface area contributed by atoms with Crippen molar-refractivity contribution in [3.63, 3.8) is 0 Å². The van der Waals surface area contributed by atoms with E-state index in [0.29, 0.717) is 12.1 Å². The summed E-state index contributed by atoms with van der Waals surface area (Å²) in [7, 11) is 0. The molecule has 2 atom stereocenters. The summed E-state index contributed by atoms with van der Waals surface area (Å²) < 4.78 is 0. The molecule has 3 rings (SSSR count). The molecule has 0 spiro atoms. The van der Waals surface area contributed by atoms with Gasteiger partial charge in [0, 0.05) is 22.7 Å². The van der Waals surface area contributed by atoms with Crippen LogP contribution in [0.5, 0.6) is 0 Å². The van der Waals surface area contributed by atoms with Crippen molar-refractivity contribution < 1.29 is 5.11 Å². The number of fused-ring (bicyclic) bond motifs is 2. The van der Waals surface area contributed by atoms with Gasteiger partial charge in [-0.1, -0.05) is 13.0 Å². The molecule has 2 fully saturated rings. The fourth-order valence-electron chi connectivity index (χ4n) is 3.82. The van der Waals surface area contributed by atoms with E-state index in [1.165, 1.54) is 0 Å². The van der Waals surface area contributed by atoms with Crippen molar-refractivity contribution in [2.75, 3.05) is 10.7 Å². The Morgan fingerprint density at radius 1 is 1.38 bits per heavy atom. The van der Waals surface area contributed by atoms with Gasteiger partial charge in [0.1, 0.15) is 5.84 Å². The molecule has 114 valence electrons. The van der Waals surface area contributed by atoms with Crippen LogP contribution in [0.15, 0.2) is 23.1 Å². The molecule has 0 aromatic heterocycles. The van der Waals surface area contributed by atoms with Gasteiger partial charge in [0.25, 0.3) is 0 Å². The molecule has 1 aromatic rings. The van der Waals surface area contributed by atoms with Gasteiger partial charge in [0.05, 0.1) is 11.7 Å². The van der Waals surface area contributed by atoms with Crippen molar-refractivity contribution in [3.05, 3.63) is 23.8 Å². The molecule has 4 N–H and O–H groups in total. The Labute approximate surface area is 130 Å². The molecule has 5 heteroatoms. The zero-order valence-electron chi connectivity index (χ0n) is 12.4. The zero-order chi connectivity index (χ0) is 15.0. The zero-order valence-corrected chi connectivity index (χ0v) is 13.2. The summed E-state index contributed by atoms with van der Waals surface area (Å²) in [6, 6.07) is 6.97. The van der Waals surface area contributed by atoms with Crippen molar-refractivity contribution >= 4 is 23.3 Å². The largest absolute Gasteiger partial charge is 0.393 e. The lowest BCUT2D eigenvalue weighted by molar-refractivity contribution is 0.126. The van der Waals surface area contributed by atoms with Crippen LogP contribution >= 0.6 is 11.8 Å². The van der Waals surface area contributed by atoms with E-state index in [2.05, 4.69) is 30.0 Å². The van der Waals surface area contributed by atoms with Gasteiger partial charge in [-0.05, 0) is 43.6 Å². The van der Waals surface area contributed by atoms with E-state index in [9.17, 15) is 5.11 Å². The van der Waals surface area contributed by atoms with Crippen LogP contribution in [-0.4, -0.2) is 34.9 Å². The first-order valence-corrected chi connectivity index (χ1v) is 8.67. The van der Waals surface area contributed by atoms with Gasteiger partial charge in [-0.25, -0.2) is 0 Å². The highest BCUT2D eigenvalue weighted by molar-refractivity contribution is 7.99. The number of nitrogens with zero attached hydrogens (tertiary/aromatic N) is 1. The first-order valence-electron chi connectivity index (χ1n) is 7.68. The number of nitrogen functional groups attached to an aromatic ring is 1. The number of hydrogen-bond acceptors (Lipinski definition) is 4. The number of thioether (sulfide) groups is 1. The predicted octanol–water partition coefficient (Wildman–Crippen LogP) is 2.57. The lowest BCUT2D eigenvalue weighted by Crippen LogP contribution is -2.45. The summed E-state index contributed by atoms with van der Waals surface area (Å²) in [4.78, 5) is 3.51. The molecule has 1 aromatic carbocycles. The molecular weight excluding hydrogens is 282 g/mol. The molecule has 0 amide bonds. The number of piperidine rings is 1. The minimum Gasteiger partial charge on any atom is -0.393 e. The van der Waals surface area contributed by atoms with E-state index in [-0.39, 0.29) is 11.9 Å². The normalized spacial score (nSPS) is 27.9. The second-order valence-corrected chi connectivity index (χ2v) is 7.22. The van der Waals surface area contributed by atoms with Crippen molar-refractivity contribution in [2.45, 2.75) is 55.7 Å². The number of rotatable bonds is 4. The van der Waals surface area contributed by atoms with Gasteiger partial charge < -0.3 is 15.7 Å². The van der Waals surface area contributed by atoms with Gasteiger partial charge in [-0.3, -0.25) is 5.41 Å². The molecule has 2 aliphatic rings. The molecule has 4 nitrogen and oxygen atoms in total. The number of aliphatic hydroxyl groups is 1. The molecule has 2 unspecified atom stereocenters. The van der Waals surface area contributed by atoms with E-state index in [1.54, 1.807) is 11.8 Å². The Morgan fingerprint density at radius 2 is 2.05 bits per heavy atom. The Morgan fingerprint density at radius 3 is 2.62 bits per heavy atom. The topological polar surface area (TPSA) is 73.3 Å². The average molecular weight is 305 g/mol. The number of anilines is 1. The van der Waals surface area contributed by atoms with Gasteiger partial charge in [-0.15, -0.1) is 11.8 Å². The number of hydrogen-bond donors (Lipinski definition) is 3. The predicted molar refractivity (Wildman–Crippen MR) is 88.4 cm³/mol. The van der Waals surface area contributed by atoms with E-state index >= 15 is 0 Å². The molecule has 0 aliphatic carbocycles. The summed E-state index contributed by atoms with van der Waals surface area (Å²) >= 11 is 1.73. The van der Waals surface area contributed by atoms with Crippen molar-refractivity contribution in [1.29, 1.82) is 5.41 Å². The van der Waals surface area contributed by atoms with Gasteiger partial charge >= 0.3 is 0 Å². The van der Waals surface area contributed by atoms with Crippen LogP contribution in [-0.2, 0) is 0 Å². The minimum atomic E-state index is -0.173. The molecule has 2 aliphatic heterocycles. The standard InChI is InChI=1S/C16H23N3OS/c1-2-21-14-5-3-4-13(15(14)16(17)18)19-10-6-7-11(19)9-12(20)8-10/h3-5,10-12,20H,2,6-9H2,1H3,(H3,17,18). The molecule has 2 bridgehead atoms. The maximum atomic E-state index is 9.97. The van der Waals surface area contributed by atoms with Crippen LogP contribution in [0.2, 0.25) is 0 Å². The highest BCUT2D eigenvalue weighted by Gasteiger charge is 2.41. The average Bonchev–Trinajstić information content (AvgIpc) is 2.70. The Balaban J connectivity index is 2.02. The second-order valence-electron chi connectivity index (χ2n) is 5.91. The Kier molecular flexibility index (Phi) is 4.13. The number of amidine groups is 1. The maximum absolute atomic E-state index is 9.97. The van der Waals surface area contributed by atoms with Gasteiger partial charge in [0.15, 0.2) is 0 Å². The lowest BCUT2D eigenvalue weighted by Gasteiger charge is -2.40. The minimum absolute atomic E-state index is 0.145. The summed E-state index contributed by atoms with van der Waals surface area (Å²) in [6.07, 6.45) is 3.75. The van der Waals surface area contributed by atoms with Crippen LogP contribution < -0.4 is 10.6 Å². The number of benzene rings is 1. The lowest BCUT2D eigenvalue weighted by atomic mass is 9.97. The molecule has 0 saturated carbocycles. The third-order valence-corrected chi connectivity index (χ3v) is 5.50. The Hall–Kier alpha value is -1.20. The third-order valence-electron chi connectivity index (χ3n) is 4.56. The maximum Gasteiger partial charge on any atom is 0.126 e. The van der Waals surface area contributed by atoms with Crippen molar-refractivity contribution in [3.8, 4) is 0 Å².